The van der Waals surface area contributed by atoms with Gasteiger partial charge >= 0.3 is 5.97 Å². The van der Waals surface area contributed by atoms with E-state index in [1.807, 2.05) is 6.92 Å². The molecule has 1 aromatic heterocycles. The van der Waals surface area contributed by atoms with Gasteiger partial charge in [0.2, 0.25) is 0 Å². The van der Waals surface area contributed by atoms with Crippen LogP contribution >= 0.6 is 23.2 Å². The fourth-order valence-corrected chi connectivity index (χ4v) is 2.41. The molecule has 0 aliphatic rings. The molecular weight excluding hydrogens is 343 g/mol. The predicted octanol–water partition coefficient (Wildman–Crippen LogP) is 3.65. The number of amides is 1. The zero-order valence-electron chi connectivity index (χ0n) is 12.5. The van der Waals surface area contributed by atoms with Gasteiger partial charge in [-0.25, -0.2) is 4.79 Å². The third kappa shape index (κ3) is 4.03. The molecule has 2 aromatic rings. The Morgan fingerprint density at radius 2 is 1.96 bits per heavy atom. The third-order valence-electron chi connectivity index (χ3n) is 3.03. The number of hydrogen-bond donors (Lipinski definition) is 1. The van der Waals surface area contributed by atoms with Gasteiger partial charge in [-0.05, 0) is 25.5 Å². The average Bonchev–Trinajstić information content (AvgIpc) is 2.89. The second-order valence-corrected chi connectivity index (χ2v) is 5.45. The topological polar surface area (TPSA) is 81.4 Å². The van der Waals surface area contributed by atoms with E-state index in [-0.39, 0.29) is 11.3 Å². The molecule has 23 heavy (non-hydrogen) atoms. The molecule has 0 unspecified atom stereocenters. The van der Waals surface area contributed by atoms with Crippen LogP contribution in [0, 0.1) is 6.92 Å². The Morgan fingerprint density at radius 1 is 1.30 bits per heavy atom. The average molecular weight is 357 g/mol. The van der Waals surface area contributed by atoms with E-state index in [9.17, 15) is 9.59 Å². The van der Waals surface area contributed by atoms with Gasteiger partial charge in [-0.2, -0.15) is 0 Å². The van der Waals surface area contributed by atoms with Crippen molar-refractivity contribution in [2.75, 3.05) is 11.9 Å². The summed E-state index contributed by atoms with van der Waals surface area (Å²) in [6.07, 6.45) is 0.517. The molecule has 1 heterocycles. The van der Waals surface area contributed by atoms with E-state index in [1.165, 1.54) is 0 Å². The first kappa shape index (κ1) is 17.3. The van der Waals surface area contributed by atoms with E-state index in [1.54, 1.807) is 25.1 Å². The Kier molecular flexibility index (Phi) is 5.63. The first-order valence-corrected chi connectivity index (χ1v) is 7.55. The molecule has 0 atom stereocenters. The lowest BCUT2D eigenvalue weighted by atomic mass is 10.1. The maximum atomic E-state index is 12.0. The van der Waals surface area contributed by atoms with Gasteiger partial charge in [0.1, 0.15) is 11.3 Å². The summed E-state index contributed by atoms with van der Waals surface area (Å²) in [6, 6.07) is 4.83. The second kappa shape index (κ2) is 7.48. The molecule has 122 valence electrons. The minimum Gasteiger partial charge on any atom is -0.452 e. The molecule has 0 aliphatic heterocycles. The van der Waals surface area contributed by atoms with E-state index < -0.39 is 18.5 Å². The van der Waals surface area contributed by atoms with E-state index >= 15 is 0 Å². The van der Waals surface area contributed by atoms with Gasteiger partial charge in [-0.1, -0.05) is 41.3 Å². The van der Waals surface area contributed by atoms with Crippen LogP contribution in [0.2, 0.25) is 10.0 Å². The minimum atomic E-state index is -0.666. The molecule has 8 heteroatoms. The molecule has 0 radical (unpaired) electrons. The van der Waals surface area contributed by atoms with Crippen molar-refractivity contribution in [3.05, 3.63) is 45.3 Å². The Hall–Kier alpha value is -2.05. The molecular formula is C15H14Cl2N2O4. The number of halogens is 2. The highest BCUT2D eigenvalue weighted by atomic mass is 35.5. The Labute approximate surface area is 142 Å². The number of benzene rings is 1. The van der Waals surface area contributed by atoms with Crippen LogP contribution in [0.25, 0.3) is 0 Å². The SMILES string of the molecule is CCc1noc(C)c1C(=O)OCC(=O)Nc1c(Cl)cccc1Cl. The van der Waals surface area contributed by atoms with Crippen LogP contribution in [0.1, 0.15) is 28.7 Å². The van der Waals surface area contributed by atoms with Crippen LogP contribution in [-0.4, -0.2) is 23.6 Å². The normalized spacial score (nSPS) is 10.4. The van der Waals surface area contributed by atoms with Crippen molar-refractivity contribution in [2.45, 2.75) is 20.3 Å². The highest BCUT2D eigenvalue weighted by Crippen LogP contribution is 2.29. The van der Waals surface area contributed by atoms with E-state index in [0.29, 0.717) is 27.9 Å². The van der Waals surface area contributed by atoms with Crippen molar-refractivity contribution in [1.29, 1.82) is 0 Å². The molecule has 0 saturated carbocycles. The number of hydrogen-bond acceptors (Lipinski definition) is 5. The summed E-state index contributed by atoms with van der Waals surface area (Å²) >= 11 is 11.9. The predicted molar refractivity (Wildman–Crippen MR) is 86.0 cm³/mol. The van der Waals surface area contributed by atoms with Gasteiger partial charge in [-0.3, -0.25) is 4.79 Å². The lowest BCUT2D eigenvalue weighted by Crippen LogP contribution is -2.21. The summed E-state index contributed by atoms with van der Waals surface area (Å²) in [4.78, 5) is 23.9. The number of ether oxygens (including phenoxy) is 1. The zero-order valence-corrected chi connectivity index (χ0v) is 14.0. The maximum absolute atomic E-state index is 12.0. The number of aromatic nitrogens is 1. The number of carbonyl (C=O) groups excluding carboxylic acids is 2. The molecule has 6 nitrogen and oxygen atoms in total. The number of carbonyl (C=O) groups is 2. The van der Waals surface area contributed by atoms with Crippen molar-refractivity contribution >= 4 is 40.8 Å². The van der Waals surface area contributed by atoms with E-state index in [0.717, 1.165) is 0 Å². The Balaban J connectivity index is 1.99. The fraction of sp³-hybridized carbons (Fsp3) is 0.267. The second-order valence-electron chi connectivity index (χ2n) is 4.63. The first-order valence-electron chi connectivity index (χ1n) is 6.80. The monoisotopic (exact) mass is 356 g/mol. The standard InChI is InChI=1S/C15H14Cl2N2O4/c1-3-11-13(8(2)23-19-11)15(21)22-7-12(20)18-14-9(16)5-4-6-10(14)17/h4-6H,3,7H2,1-2H3,(H,18,20). The van der Waals surface area contributed by atoms with Crippen LogP contribution in [0.4, 0.5) is 5.69 Å². The zero-order chi connectivity index (χ0) is 17.0. The summed E-state index contributed by atoms with van der Waals surface area (Å²) in [6.45, 7) is 2.96. The van der Waals surface area contributed by atoms with Gasteiger partial charge in [0.05, 0.1) is 21.4 Å². The van der Waals surface area contributed by atoms with Crippen molar-refractivity contribution in [2.24, 2.45) is 0 Å². The van der Waals surface area contributed by atoms with Crippen LogP contribution in [-0.2, 0) is 16.0 Å². The van der Waals surface area contributed by atoms with Crippen molar-refractivity contribution in [3.63, 3.8) is 0 Å². The number of nitrogens with one attached hydrogen (secondary N) is 1. The quantitative estimate of drug-likeness (QED) is 0.826. The largest absolute Gasteiger partial charge is 0.452 e. The number of rotatable bonds is 5. The number of anilines is 1. The van der Waals surface area contributed by atoms with Crippen molar-refractivity contribution in [1.82, 2.24) is 5.16 Å². The number of nitrogens with zero attached hydrogens (tertiary/aromatic N) is 1. The summed E-state index contributed by atoms with van der Waals surface area (Å²) in [7, 11) is 0. The van der Waals surface area contributed by atoms with Gasteiger partial charge in [-0.15, -0.1) is 0 Å². The highest BCUT2D eigenvalue weighted by molar-refractivity contribution is 6.39. The molecule has 0 bridgehead atoms. The van der Waals surface area contributed by atoms with Crippen LogP contribution < -0.4 is 5.32 Å². The van der Waals surface area contributed by atoms with Gasteiger partial charge in [0.15, 0.2) is 6.61 Å². The van der Waals surface area contributed by atoms with E-state index in [4.69, 9.17) is 32.5 Å². The lowest BCUT2D eigenvalue weighted by molar-refractivity contribution is -0.119. The Bertz CT molecular complexity index is 723. The minimum absolute atomic E-state index is 0.246. The number of para-hydroxylation sites is 1. The number of aryl methyl sites for hydroxylation is 2. The molecule has 0 fully saturated rings. The van der Waals surface area contributed by atoms with Gasteiger partial charge in [0.25, 0.3) is 5.91 Å². The molecule has 0 saturated heterocycles. The van der Waals surface area contributed by atoms with Crippen LogP contribution in [0.5, 0.6) is 0 Å². The summed E-state index contributed by atoms with van der Waals surface area (Å²) in [5.74, 6) is -0.872. The fourth-order valence-electron chi connectivity index (χ4n) is 1.92. The summed E-state index contributed by atoms with van der Waals surface area (Å²) in [5.41, 5.74) is 1.01. The molecule has 1 amide bonds. The van der Waals surface area contributed by atoms with Crippen molar-refractivity contribution in [3.8, 4) is 0 Å². The smallest absolute Gasteiger partial charge is 0.344 e. The molecule has 0 aliphatic carbocycles. The molecule has 2 rings (SSSR count). The molecule has 1 N–H and O–H groups in total. The molecule has 1 aromatic carbocycles. The van der Waals surface area contributed by atoms with Gasteiger partial charge < -0.3 is 14.6 Å². The molecule has 0 spiro atoms. The number of esters is 1. The summed E-state index contributed by atoms with van der Waals surface area (Å²) < 4.78 is 9.94. The van der Waals surface area contributed by atoms with Crippen LogP contribution in [0.3, 0.4) is 0 Å². The summed E-state index contributed by atoms with van der Waals surface area (Å²) in [5, 5.41) is 6.85. The highest BCUT2D eigenvalue weighted by Gasteiger charge is 2.21. The van der Waals surface area contributed by atoms with Crippen molar-refractivity contribution < 1.29 is 18.8 Å². The Morgan fingerprint density at radius 3 is 2.57 bits per heavy atom. The first-order chi connectivity index (χ1) is 10.9. The third-order valence-corrected chi connectivity index (χ3v) is 3.66. The lowest BCUT2D eigenvalue weighted by Gasteiger charge is -2.09. The van der Waals surface area contributed by atoms with Gasteiger partial charge in [0, 0.05) is 0 Å². The van der Waals surface area contributed by atoms with E-state index in [2.05, 4.69) is 10.5 Å². The maximum Gasteiger partial charge on any atom is 0.344 e. The van der Waals surface area contributed by atoms with Crippen LogP contribution in [0.15, 0.2) is 22.7 Å².